The smallest absolute Gasteiger partial charge is 0.239 e. The number of carbonyl (C=O) groups excluding carboxylic acids is 1. The third-order valence-corrected chi connectivity index (χ3v) is 2.72. The summed E-state index contributed by atoms with van der Waals surface area (Å²) in [6.07, 6.45) is 3.92. The molecule has 1 aromatic heterocycles. The summed E-state index contributed by atoms with van der Waals surface area (Å²) in [4.78, 5) is 18.0. The van der Waals surface area contributed by atoms with Crippen molar-refractivity contribution >= 4 is 5.91 Å². The first-order valence-corrected chi connectivity index (χ1v) is 5.64. The van der Waals surface area contributed by atoms with Crippen molar-refractivity contribution in [2.45, 2.75) is 38.4 Å². The Morgan fingerprint density at radius 1 is 1.62 bits per heavy atom. The summed E-state index contributed by atoms with van der Waals surface area (Å²) in [5, 5.41) is 0. The van der Waals surface area contributed by atoms with E-state index in [0.29, 0.717) is 12.6 Å². The van der Waals surface area contributed by atoms with Gasteiger partial charge in [0.15, 0.2) is 0 Å². The number of nitrogens with zero attached hydrogens (tertiary/aromatic N) is 2. The molecule has 1 unspecified atom stereocenters. The van der Waals surface area contributed by atoms with Gasteiger partial charge < -0.3 is 10.6 Å². The summed E-state index contributed by atoms with van der Waals surface area (Å²) < 4.78 is 0. The standard InChI is InChI=1S/C12H17N3O/c1-9(13)12(16)15(11-5-6-11)8-10-4-2-3-7-14-10/h2-4,7,9,11H,5-6,8,13H2,1H3. The van der Waals surface area contributed by atoms with Gasteiger partial charge in [0.1, 0.15) is 0 Å². The van der Waals surface area contributed by atoms with Gasteiger partial charge in [-0.2, -0.15) is 0 Å². The maximum absolute atomic E-state index is 11.9. The van der Waals surface area contributed by atoms with E-state index >= 15 is 0 Å². The van der Waals surface area contributed by atoms with E-state index in [4.69, 9.17) is 5.73 Å². The highest BCUT2D eigenvalue weighted by Gasteiger charge is 2.33. The van der Waals surface area contributed by atoms with E-state index in [0.717, 1.165) is 18.5 Å². The van der Waals surface area contributed by atoms with Gasteiger partial charge in [-0.25, -0.2) is 0 Å². The number of pyridine rings is 1. The fraction of sp³-hybridized carbons (Fsp3) is 0.500. The predicted octanol–water partition coefficient (Wildman–Crippen LogP) is 0.920. The molecule has 86 valence electrons. The van der Waals surface area contributed by atoms with E-state index in [1.54, 1.807) is 13.1 Å². The molecule has 16 heavy (non-hydrogen) atoms. The first-order valence-electron chi connectivity index (χ1n) is 5.64. The van der Waals surface area contributed by atoms with E-state index in [2.05, 4.69) is 4.98 Å². The zero-order valence-corrected chi connectivity index (χ0v) is 9.47. The maximum Gasteiger partial charge on any atom is 0.239 e. The molecule has 4 heteroatoms. The van der Waals surface area contributed by atoms with Crippen molar-refractivity contribution in [3.63, 3.8) is 0 Å². The van der Waals surface area contributed by atoms with Gasteiger partial charge in [0.2, 0.25) is 5.91 Å². The topological polar surface area (TPSA) is 59.2 Å². The van der Waals surface area contributed by atoms with E-state index < -0.39 is 6.04 Å². The molecule has 1 aliphatic carbocycles. The Morgan fingerprint density at radius 2 is 2.38 bits per heavy atom. The van der Waals surface area contributed by atoms with Gasteiger partial charge in [-0.1, -0.05) is 6.07 Å². The van der Waals surface area contributed by atoms with Crippen LogP contribution in [0.2, 0.25) is 0 Å². The van der Waals surface area contributed by atoms with Gasteiger partial charge in [-0.05, 0) is 31.9 Å². The quantitative estimate of drug-likeness (QED) is 0.819. The second kappa shape index (κ2) is 4.61. The molecule has 2 rings (SSSR count). The highest BCUT2D eigenvalue weighted by molar-refractivity contribution is 5.81. The number of amides is 1. The van der Waals surface area contributed by atoms with Gasteiger partial charge in [0.25, 0.3) is 0 Å². The Kier molecular flexibility index (Phi) is 3.19. The second-order valence-corrected chi connectivity index (χ2v) is 4.31. The number of hydrogen-bond acceptors (Lipinski definition) is 3. The second-order valence-electron chi connectivity index (χ2n) is 4.31. The Balaban J connectivity index is 2.06. The van der Waals surface area contributed by atoms with E-state index in [1.807, 2.05) is 23.1 Å². The summed E-state index contributed by atoms with van der Waals surface area (Å²) in [6.45, 7) is 2.31. The van der Waals surface area contributed by atoms with Gasteiger partial charge in [0.05, 0.1) is 18.3 Å². The lowest BCUT2D eigenvalue weighted by molar-refractivity contribution is -0.133. The van der Waals surface area contributed by atoms with Gasteiger partial charge >= 0.3 is 0 Å². The monoisotopic (exact) mass is 219 g/mol. The van der Waals surface area contributed by atoms with Crippen LogP contribution in [0.25, 0.3) is 0 Å². The first kappa shape index (κ1) is 11.1. The first-order chi connectivity index (χ1) is 7.68. The SMILES string of the molecule is CC(N)C(=O)N(Cc1ccccn1)C1CC1. The van der Waals surface area contributed by atoms with Gasteiger partial charge in [0, 0.05) is 12.2 Å². The number of carbonyl (C=O) groups is 1. The average molecular weight is 219 g/mol. The summed E-state index contributed by atoms with van der Waals surface area (Å²) in [7, 11) is 0. The molecule has 0 aliphatic heterocycles. The van der Waals surface area contributed by atoms with E-state index in [-0.39, 0.29) is 5.91 Å². The molecule has 0 bridgehead atoms. The molecule has 1 amide bonds. The molecule has 4 nitrogen and oxygen atoms in total. The molecule has 1 atom stereocenters. The van der Waals surface area contributed by atoms with Crippen LogP contribution in [0, 0.1) is 0 Å². The van der Waals surface area contributed by atoms with E-state index in [9.17, 15) is 4.79 Å². The Labute approximate surface area is 95.5 Å². The molecule has 1 aliphatic rings. The Hall–Kier alpha value is -1.42. The molecule has 0 aromatic carbocycles. The van der Waals surface area contributed by atoms with Crippen molar-refractivity contribution in [1.29, 1.82) is 0 Å². The lowest BCUT2D eigenvalue weighted by Gasteiger charge is -2.23. The largest absolute Gasteiger partial charge is 0.332 e. The summed E-state index contributed by atoms with van der Waals surface area (Å²) in [5.41, 5.74) is 6.56. The van der Waals surface area contributed by atoms with Crippen molar-refractivity contribution in [1.82, 2.24) is 9.88 Å². The van der Waals surface area contributed by atoms with Crippen molar-refractivity contribution < 1.29 is 4.79 Å². The number of nitrogens with two attached hydrogens (primary N) is 1. The molecular weight excluding hydrogens is 202 g/mol. The van der Waals surface area contributed by atoms with Crippen LogP contribution in [0.15, 0.2) is 24.4 Å². The van der Waals surface area contributed by atoms with Crippen molar-refractivity contribution in [2.75, 3.05) is 0 Å². The molecular formula is C12H17N3O. The molecule has 2 N–H and O–H groups in total. The molecule has 1 saturated carbocycles. The number of rotatable bonds is 4. The minimum Gasteiger partial charge on any atom is -0.332 e. The van der Waals surface area contributed by atoms with Crippen LogP contribution in [0.4, 0.5) is 0 Å². The highest BCUT2D eigenvalue weighted by atomic mass is 16.2. The zero-order valence-electron chi connectivity index (χ0n) is 9.47. The molecule has 0 radical (unpaired) electrons. The zero-order chi connectivity index (χ0) is 11.5. The molecule has 1 heterocycles. The number of hydrogen-bond donors (Lipinski definition) is 1. The van der Waals surface area contributed by atoms with Crippen LogP contribution < -0.4 is 5.73 Å². The van der Waals surface area contributed by atoms with Crippen LogP contribution in [0.1, 0.15) is 25.5 Å². The summed E-state index contributed by atoms with van der Waals surface area (Å²) >= 11 is 0. The summed E-state index contributed by atoms with van der Waals surface area (Å²) in [5.74, 6) is 0.0214. The van der Waals surface area contributed by atoms with Crippen molar-refractivity contribution in [3.8, 4) is 0 Å². The van der Waals surface area contributed by atoms with E-state index in [1.165, 1.54) is 0 Å². The van der Waals surface area contributed by atoms with Crippen LogP contribution >= 0.6 is 0 Å². The van der Waals surface area contributed by atoms with Crippen LogP contribution in [0.3, 0.4) is 0 Å². The third-order valence-electron chi connectivity index (χ3n) is 2.72. The molecule has 0 saturated heterocycles. The summed E-state index contributed by atoms with van der Waals surface area (Å²) in [6, 6.07) is 5.69. The lowest BCUT2D eigenvalue weighted by atomic mass is 10.2. The minimum absolute atomic E-state index is 0.0214. The highest BCUT2D eigenvalue weighted by Crippen LogP contribution is 2.28. The van der Waals surface area contributed by atoms with Gasteiger partial charge in [-0.3, -0.25) is 9.78 Å². The van der Waals surface area contributed by atoms with Crippen molar-refractivity contribution in [3.05, 3.63) is 30.1 Å². The Bertz CT molecular complexity index is 360. The van der Waals surface area contributed by atoms with Crippen LogP contribution in [0.5, 0.6) is 0 Å². The normalized spacial score (nSPS) is 16.9. The molecule has 1 fully saturated rings. The van der Waals surface area contributed by atoms with Crippen molar-refractivity contribution in [2.24, 2.45) is 5.73 Å². The molecule has 0 spiro atoms. The average Bonchev–Trinajstić information content (AvgIpc) is 3.10. The fourth-order valence-corrected chi connectivity index (χ4v) is 1.70. The predicted molar refractivity (Wildman–Crippen MR) is 61.5 cm³/mol. The van der Waals surface area contributed by atoms with Crippen LogP contribution in [-0.2, 0) is 11.3 Å². The maximum atomic E-state index is 11.9. The number of aromatic nitrogens is 1. The Morgan fingerprint density at radius 3 is 2.88 bits per heavy atom. The van der Waals surface area contributed by atoms with Gasteiger partial charge in [-0.15, -0.1) is 0 Å². The third kappa shape index (κ3) is 2.58. The molecule has 1 aromatic rings. The van der Waals surface area contributed by atoms with Crippen LogP contribution in [-0.4, -0.2) is 27.9 Å². The lowest BCUT2D eigenvalue weighted by Crippen LogP contribution is -2.43. The minimum atomic E-state index is -0.427. The fourth-order valence-electron chi connectivity index (χ4n) is 1.70.